The predicted octanol–water partition coefficient (Wildman–Crippen LogP) is 3.23. The zero-order chi connectivity index (χ0) is 21.9. The summed E-state index contributed by atoms with van der Waals surface area (Å²) in [6.07, 6.45) is -0.205. The second-order valence-corrected chi connectivity index (χ2v) is 8.35. The fraction of sp³-hybridized carbons (Fsp3) is 0.571. The number of benzene rings is 1. The first kappa shape index (κ1) is 22.5. The minimum atomic E-state index is -0.924. The minimum absolute atomic E-state index is 0.116. The highest BCUT2D eigenvalue weighted by molar-refractivity contribution is 6.22. The highest BCUT2D eigenvalue weighted by Crippen LogP contribution is 2.36. The number of imide groups is 1. The van der Waals surface area contributed by atoms with E-state index in [9.17, 15) is 14.4 Å². The number of carbonyl (C=O) groups is 3. The van der Waals surface area contributed by atoms with Gasteiger partial charge in [-0.2, -0.15) is 0 Å². The van der Waals surface area contributed by atoms with E-state index in [1.54, 1.807) is 39.0 Å². The van der Waals surface area contributed by atoms with Gasteiger partial charge in [-0.1, -0.05) is 13.8 Å². The molecule has 2 rings (SSSR count). The maximum absolute atomic E-state index is 13.2. The molecule has 1 aliphatic rings. The van der Waals surface area contributed by atoms with Crippen LogP contribution in [0.25, 0.3) is 0 Å². The van der Waals surface area contributed by atoms with E-state index in [4.69, 9.17) is 14.2 Å². The molecule has 0 aliphatic carbocycles. The summed E-state index contributed by atoms with van der Waals surface area (Å²) in [5.74, 6) is -0.0287. The van der Waals surface area contributed by atoms with E-state index in [0.29, 0.717) is 23.7 Å². The molecule has 1 aromatic carbocycles. The van der Waals surface area contributed by atoms with Crippen molar-refractivity contribution in [3.8, 4) is 11.5 Å². The van der Waals surface area contributed by atoms with Gasteiger partial charge in [-0.15, -0.1) is 0 Å². The molecule has 0 saturated carbocycles. The molecule has 0 spiro atoms. The molecule has 1 aliphatic heterocycles. The Morgan fingerprint density at radius 1 is 1.14 bits per heavy atom. The first-order chi connectivity index (χ1) is 13.5. The normalized spacial score (nSPS) is 17.2. The summed E-state index contributed by atoms with van der Waals surface area (Å²) in [5.41, 5.74) is -0.367. The number of hydrogen-bond donors (Lipinski definition) is 0. The van der Waals surface area contributed by atoms with Crippen molar-refractivity contribution >= 4 is 23.6 Å². The monoisotopic (exact) mass is 406 g/mol. The van der Waals surface area contributed by atoms with Crippen LogP contribution in [0.15, 0.2) is 18.2 Å². The third-order valence-electron chi connectivity index (χ3n) is 4.29. The fourth-order valence-corrected chi connectivity index (χ4v) is 3.17. The molecular formula is C21H30N2O6. The van der Waals surface area contributed by atoms with Crippen molar-refractivity contribution < 1.29 is 28.6 Å². The Morgan fingerprint density at radius 2 is 1.79 bits per heavy atom. The molecule has 8 heteroatoms. The standard InChI is InChI=1S/C21H30N2O6/c1-13(2)12-22-16(11-18(24)29-21(3,4)5)19(25)23(20(22)26)15-9-8-14(27-6)10-17(15)28-7/h8-10,13,16H,11-12H2,1-7H3/t16-/m0/s1. The minimum Gasteiger partial charge on any atom is -0.497 e. The van der Waals surface area contributed by atoms with Crippen molar-refractivity contribution in [2.24, 2.45) is 5.92 Å². The summed E-state index contributed by atoms with van der Waals surface area (Å²) in [4.78, 5) is 41.2. The van der Waals surface area contributed by atoms with Gasteiger partial charge in [0.05, 0.1) is 26.3 Å². The summed E-state index contributed by atoms with van der Waals surface area (Å²) in [5, 5.41) is 0. The number of carbonyl (C=O) groups excluding carboxylic acids is 3. The quantitative estimate of drug-likeness (QED) is 0.511. The van der Waals surface area contributed by atoms with Crippen molar-refractivity contribution in [3.63, 3.8) is 0 Å². The van der Waals surface area contributed by atoms with Gasteiger partial charge in [0.15, 0.2) is 0 Å². The van der Waals surface area contributed by atoms with Gasteiger partial charge in [0, 0.05) is 12.6 Å². The van der Waals surface area contributed by atoms with Crippen LogP contribution in [-0.4, -0.2) is 55.2 Å². The molecule has 0 N–H and O–H groups in total. The summed E-state index contributed by atoms with van der Waals surface area (Å²) in [6.45, 7) is 9.50. The van der Waals surface area contributed by atoms with Crippen LogP contribution >= 0.6 is 0 Å². The van der Waals surface area contributed by atoms with Gasteiger partial charge in [0.25, 0.3) is 5.91 Å². The van der Waals surface area contributed by atoms with Crippen LogP contribution in [0.5, 0.6) is 11.5 Å². The lowest BCUT2D eigenvalue weighted by Crippen LogP contribution is -2.40. The maximum atomic E-state index is 13.2. The Bertz CT molecular complexity index is 784. The van der Waals surface area contributed by atoms with Crippen molar-refractivity contribution in [2.75, 3.05) is 25.7 Å². The Balaban J connectivity index is 2.39. The number of rotatable bonds is 7. The first-order valence-corrected chi connectivity index (χ1v) is 9.57. The molecule has 3 amide bonds. The summed E-state index contributed by atoms with van der Waals surface area (Å²) < 4.78 is 15.9. The molecule has 1 saturated heterocycles. The van der Waals surface area contributed by atoms with Crippen LogP contribution in [0.2, 0.25) is 0 Å². The fourth-order valence-electron chi connectivity index (χ4n) is 3.17. The molecule has 8 nitrogen and oxygen atoms in total. The van der Waals surface area contributed by atoms with Crippen molar-refractivity contribution in [1.29, 1.82) is 0 Å². The van der Waals surface area contributed by atoms with E-state index in [1.807, 2.05) is 13.8 Å². The van der Waals surface area contributed by atoms with E-state index >= 15 is 0 Å². The molecule has 160 valence electrons. The van der Waals surface area contributed by atoms with Crippen LogP contribution in [0.3, 0.4) is 0 Å². The average Bonchev–Trinajstić information content (AvgIpc) is 2.83. The molecular weight excluding hydrogens is 376 g/mol. The Kier molecular flexibility index (Phi) is 6.77. The summed E-state index contributed by atoms with van der Waals surface area (Å²) in [7, 11) is 2.97. The highest BCUT2D eigenvalue weighted by atomic mass is 16.6. The Labute approximate surface area is 171 Å². The van der Waals surface area contributed by atoms with Gasteiger partial charge >= 0.3 is 12.0 Å². The number of hydrogen-bond acceptors (Lipinski definition) is 6. The smallest absolute Gasteiger partial charge is 0.332 e. The summed E-state index contributed by atoms with van der Waals surface area (Å²) in [6, 6.07) is 3.43. The Hall–Kier alpha value is -2.77. The van der Waals surface area contributed by atoms with E-state index in [-0.39, 0.29) is 12.3 Å². The van der Waals surface area contributed by atoms with Gasteiger partial charge in [-0.05, 0) is 38.8 Å². The van der Waals surface area contributed by atoms with Crippen LogP contribution in [0, 0.1) is 5.92 Å². The molecule has 1 aromatic rings. The number of esters is 1. The number of methoxy groups -OCH3 is 2. The van der Waals surface area contributed by atoms with Gasteiger partial charge in [0.2, 0.25) is 0 Å². The van der Waals surface area contributed by atoms with Crippen LogP contribution in [0.1, 0.15) is 41.0 Å². The van der Waals surface area contributed by atoms with Crippen LogP contribution in [0.4, 0.5) is 10.5 Å². The molecule has 0 unspecified atom stereocenters. The first-order valence-electron chi connectivity index (χ1n) is 9.57. The van der Waals surface area contributed by atoms with Crippen molar-refractivity contribution in [1.82, 2.24) is 4.90 Å². The van der Waals surface area contributed by atoms with E-state index in [0.717, 1.165) is 4.90 Å². The molecule has 0 aromatic heterocycles. The second-order valence-electron chi connectivity index (χ2n) is 8.35. The second kappa shape index (κ2) is 8.71. The number of anilines is 1. The predicted molar refractivity (Wildman–Crippen MR) is 108 cm³/mol. The lowest BCUT2D eigenvalue weighted by molar-refractivity contribution is -0.156. The zero-order valence-electron chi connectivity index (χ0n) is 18.1. The molecule has 29 heavy (non-hydrogen) atoms. The number of amides is 3. The summed E-state index contributed by atoms with van der Waals surface area (Å²) >= 11 is 0. The highest BCUT2D eigenvalue weighted by Gasteiger charge is 2.48. The van der Waals surface area contributed by atoms with E-state index in [1.165, 1.54) is 19.1 Å². The third kappa shape index (κ3) is 5.19. The number of urea groups is 1. The topological polar surface area (TPSA) is 85.4 Å². The van der Waals surface area contributed by atoms with Crippen molar-refractivity contribution in [3.05, 3.63) is 18.2 Å². The van der Waals surface area contributed by atoms with Gasteiger partial charge < -0.3 is 19.1 Å². The largest absolute Gasteiger partial charge is 0.497 e. The van der Waals surface area contributed by atoms with Crippen molar-refractivity contribution in [2.45, 2.75) is 52.7 Å². The van der Waals surface area contributed by atoms with Crippen LogP contribution in [-0.2, 0) is 14.3 Å². The SMILES string of the molecule is COc1ccc(N2C(=O)[C@H](CC(=O)OC(C)(C)C)N(CC(C)C)C2=O)c(OC)c1. The Morgan fingerprint density at radius 3 is 2.31 bits per heavy atom. The molecule has 1 atom stereocenters. The maximum Gasteiger partial charge on any atom is 0.332 e. The number of ether oxygens (including phenoxy) is 3. The molecule has 1 heterocycles. The molecule has 1 fully saturated rings. The van der Waals surface area contributed by atoms with Gasteiger partial charge in [-0.3, -0.25) is 9.59 Å². The number of nitrogens with zero attached hydrogens (tertiary/aromatic N) is 2. The zero-order valence-corrected chi connectivity index (χ0v) is 18.1. The van der Waals surface area contributed by atoms with Gasteiger partial charge in [0.1, 0.15) is 23.1 Å². The van der Waals surface area contributed by atoms with Crippen LogP contribution < -0.4 is 14.4 Å². The van der Waals surface area contributed by atoms with E-state index in [2.05, 4.69) is 0 Å². The lowest BCUT2D eigenvalue weighted by Gasteiger charge is -2.25. The third-order valence-corrected chi connectivity index (χ3v) is 4.29. The van der Waals surface area contributed by atoms with Gasteiger partial charge in [-0.25, -0.2) is 9.69 Å². The molecule has 0 radical (unpaired) electrons. The lowest BCUT2D eigenvalue weighted by atomic mass is 10.1. The van der Waals surface area contributed by atoms with E-state index < -0.39 is 29.6 Å². The molecule has 0 bridgehead atoms. The average molecular weight is 406 g/mol.